The Bertz CT molecular complexity index is 477. The zero-order valence-corrected chi connectivity index (χ0v) is 11.0. The maximum absolute atomic E-state index is 12.1. The Hall–Kier alpha value is -1.05. The lowest BCUT2D eigenvalue weighted by atomic mass is 9.76. The molecular formula is C15H21NO. The minimum absolute atomic E-state index is 0.130. The van der Waals surface area contributed by atoms with Crippen LogP contribution in [0.5, 0.6) is 0 Å². The summed E-state index contributed by atoms with van der Waals surface area (Å²) >= 11 is 0. The highest BCUT2D eigenvalue weighted by atomic mass is 16.1. The van der Waals surface area contributed by atoms with Crippen LogP contribution in [0.25, 0.3) is 0 Å². The molecule has 1 aromatic rings. The van der Waals surface area contributed by atoms with Crippen LogP contribution in [0.4, 0.5) is 0 Å². The van der Waals surface area contributed by atoms with Crippen molar-refractivity contribution in [3.63, 3.8) is 0 Å². The van der Waals surface area contributed by atoms with E-state index in [0.29, 0.717) is 17.6 Å². The molecule has 0 atom stereocenters. The van der Waals surface area contributed by atoms with E-state index in [0.717, 1.165) is 18.5 Å². The number of ketones is 1. The van der Waals surface area contributed by atoms with Gasteiger partial charge in [-0.15, -0.1) is 0 Å². The molecular weight excluding hydrogens is 210 g/mol. The van der Waals surface area contributed by atoms with Gasteiger partial charge >= 0.3 is 0 Å². The molecule has 1 aromatic heterocycles. The van der Waals surface area contributed by atoms with Gasteiger partial charge in [0.1, 0.15) is 0 Å². The standard InChI is InChI=1S/C15H21NO/c1-14(2)8-12-11(13(17)9-14)4-7-16(12)10-15(3)5-6-15/h4,7H,5-6,8-10H2,1-3H3. The van der Waals surface area contributed by atoms with Gasteiger partial charge in [-0.2, -0.15) is 0 Å². The van der Waals surface area contributed by atoms with Gasteiger partial charge in [-0.05, 0) is 36.2 Å². The smallest absolute Gasteiger partial charge is 0.165 e. The topological polar surface area (TPSA) is 22.0 Å². The van der Waals surface area contributed by atoms with Crippen molar-refractivity contribution in [2.24, 2.45) is 10.8 Å². The van der Waals surface area contributed by atoms with Crippen molar-refractivity contribution in [2.45, 2.75) is 53.0 Å². The van der Waals surface area contributed by atoms with E-state index in [4.69, 9.17) is 0 Å². The largest absolute Gasteiger partial charge is 0.350 e. The van der Waals surface area contributed by atoms with E-state index in [-0.39, 0.29) is 5.41 Å². The molecule has 0 amide bonds. The minimum atomic E-state index is 0.130. The molecule has 0 aromatic carbocycles. The third-order valence-electron chi connectivity index (χ3n) is 4.32. The molecule has 0 aliphatic heterocycles. The normalized spacial score (nSPS) is 24.5. The summed E-state index contributed by atoms with van der Waals surface area (Å²) in [5.74, 6) is 0.330. The fourth-order valence-corrected chi connectivity index (χ4v) is 2.93. The summed E-state index contributed by atoms with van der Waals surface area (Å²) in [6, 6.07) is 2.03. The SMILES string of the molecule is CC1(C)CC(=O)c2ccn(CC3(C)CC3)c2C1. The lowest BCUT2D eigenvalue weighted by Gasteiger charge is -2.30. The average Bonchev–Trinajstić information content (AvgIpc) is 2.78. The van der Waals surface area contributed by atoms with Crippen LogP contribution in [0.1, 0.15) is 56.1 Å². The highest BCUT2D eigenvalue weighted by Gasteiger charge is 2.39. The predicted molar refractivity (Wildman–Crippen MR) is 68.2 cm³/mol. The van der Waals surface area contributed by atoms with E-state index in [2.05, 4.69) is 31.5 Å². The maximum atomic E-state index is 12.1. The van der Waals surface area contributed by atoms with Crippen LogP contribution in [0.15, 0.2) is 12.3 Å². The van der Waals surface area contributed by atoms with Crippen molar-refractivity contribution >= 4 is 5.78 Å². The molecule has 0 bridgehead atoms. The van der Waals surface area contributed by atoms with Gasteiger partial charge < -0.3 is 4.57 Å². The first-order valence-electron chi connectivity index (χ1n) is 6.60. The van der Waals surface area contributed by atoms with Gasteiger partial charge in [0.2, 0.25) is 0 Å². The number of fused-ring (bicyclic) bond motifs is 1. The number of hydrogen-bond acceptors (Lipinski definition) is 1. The first kappa shape index (κ1) is 11.1. The molecule has 1 saturated carbocycles. The molecule has 0 N–H and O–H groups in total. The van der Waals surface area contributed by atoms with Crippen LogP contribution in [0.2, 0.25) is 0 Å². The average molecular weight is 231 g/mol. The molecule has 2 heteroatoms. The number of carbonyl (C=O) groups is 1. The Morgan fingerprint density at radius 3 is 2.59 bits per heavy atom. The van der Waals surface area contributed by atoms with Crippen molar-refractivity contribution < 1.29 is 4.79 Å². The van der Waals surface area contributed by atoms with Crippen LogP contribution in [-0.2, 0) is 13.0 Å². The Balaban J connectivity index is 1.95. The molecule has 0 radical (unpaired) electrons. The number of carbonyl (C=O) groups excluding carboxylic acids is 1. The molecule has 0 saturated heterocycles. The molecule has 17 heavy (non-hydrogen) atoms. The van der Waals surface area contributed by atoms with Crippen LogP contribution in [-0.4, -0.2) is 10.4 Å². The van der Waals surface area contributed by atoms with Gasteiger partial charge in [-0.3, -0.25) is 4.79 Å². The number of aromatic nitrogens is 1. The van der Waals surface area contributed by atoms with Crippen molar-refractivity contribution in [2.75, 3.05) is 0 Å². The molecule has 92 valence electrons. The zero-order valence-electron chi connectivity index (χ0n) is 11.0. The van der Waals surface area contributed by atoms with Crippen molar-refractivity contribution in [1.29, 1.82) is 0 Å². The molecule has 1 heterocycles. The summed E-state index contributed by atoms with van der Waals surface area (Å²) in [5.41, 5.74) is 2.88. The van der Waals surface area contributed by atoms with Gasteiger partial charge in [0, 0.05) is 30.4 Å². The second kappa shape index (κ2) is 3.24. The summed E-state index contributed by atoms with van der Waals surface area (Å²) < 4.78 is 2.33. The predicted octanol–water partition coefficient (Wildman–Crippen LogP) is 3.44. The third-order valence-corrected chi connectivity index (χ3v) is 4.32. The van der Waals surface area contributed by atoms with E-state index in [1.54, 1.807) is 0 Å². The first-order chi connectivity index (χ1) is 7.89. The lowest BCUT2D eigenvalue weighted by Crippen LogP contribution is -2.28. The molecule has 0 spiro atoms. The van der Waals surface area contributed by atoms with Gasteiger partial charge in [0.25, 0.3) is 0 Å². The summed E-state index contributed by atoms with van der Waals surface area (Å²) in [6.45, 7) is 7.83. The van der Waals surface area contributed by atoms with Gasteiger partial charge in [-0.1, -0.05) is 20.8 Å². The van der Waals surface area contributed by atoms with E-state index in [1.165, 1.54) is 18.5 Å². The van der Waals surface area contributed by atoms with Crippen LogP contribution >= 0.6 is 0 Å². The summed E-state index contributed by atoms with van der Waals surface area (Å²) in [5, 5.41) is 0. The highest BCUT2D eigenvalue weighted by Crippen LogP contribution is 2.47. The quantitative estimate of drug-likeness (QED) is 0.764. The number of hydrogen-bond donors (Lipinski definition) is 0. The van der Waals surface area contributed by atoms with Crippen molar-refractivity contribution in [3.8, 4) is 0 Å². The maximum Gasteiger partial charge on any atom is 0.165 e. The summed E-state index contributed by atoms with van der Waals surface area (Å²) in [4.78, 5) is 12.1. The van der Waals surface area contributed by atoms with E-state index in [9.17, 15) is 4.79 Å². The number of rotatable bonds is 2. The fraction of sp³-hybridized carbons (Fsp3) is 0.667. The fourth-order valence-electron chi connectivity index (χ4n) is 2.93. The molecule has 2 aliphatic rings. The Morgan fingerprint density at radius 2 is 1.94 bits per heavy atom. The van der Waals surface area contributed by atoms with Gasteiger partial charge in [-0.25, -0.2) is 0 Å². The third kappa shape index (κ3) is 1.94. The minimum Gasteiger partial charge on any atom is -0.350 e. The Labute approximate surface area is 103 Å². The number of Topliss-reactive ketones (excluding diaryl/α,β-unsaturated/α-hetero) is 1. The molecule has 2 aliphatic carbocycles. The monoisotopic (exact) mass is 231 g/mol. The van der Waals surface area contributed by atoms with E-state index >= 15 is 0 Å². The van der Waals surface area contributed by atoms with E-state index < -0.39 is 0 Å². The van der Waals surface area contributed by atoms with Crippen LogP contribution < -0.4 is 0 Å². The Kier molecular flexibility index (Phi) is 2.11. The number of nitrogens with zero attached hydrogens (tertiary/aromatic N) is 1. The molecule has 2 nitrogen and oxygen atoms in total. The van der Waals surface area contributed by atoms with E-state index in [1.807, 2.05) is 6.07 Å². The van der Waals surface area contributed by atoms with Crippen molar-refractivity contribution in [1.82, 2.24) is 4.57 Å². The lowest BCUT2D eigenvalue weighted by molar-refractivity contribution is 0.0909. The Morgan fingerprint density at radius 1 is 1.24 bits per heavy atom. The summed E-state index contributed by atoms with van der Waals surface area (Å²) in [6.07, 6.45) is 6.51. The second-order valence-electron chi connectivity index (χ2n) is 7.06. The van der Waals surface area contributed by atoms with Crippen molar-refractivity contribution in [3.05, 3.63) is 23.5 Å². The second-order valence-corrected chi connectivity index (χ2v) is 7.06. The first-order valence-corrected chi connectivity index (χ1v) is 6.60. The van der Waals surface area contributed by atoms with Gasteiger partial charge in [0.15, 0.2) is 5.78 Å². The van der Waals surface area contributed by atoms with Crippen LogP contribution in [0.3, 0.4) is 0 Å². The zero-order chi connectivity index (χ0) is 12.3. The van der Waals surface area contributed by atoms with Crippen LogP contribution in [0, 0.1) is 10.8 Å². The molecule has 0 unspecified atom stereocenters. The molecule has 3 rings (SSSR count). The summed E-state index contributed by atoms with van der Waals surface area (Å²) in [7, 11) is 0. The highest BCUT2D eigenvalue weighted by molar-refractivity contribution is 5.98. The molecule has 1 fully saturated rings. The van der Waals surface area contributed by atoms with Gasteiger partial charge in [0.05, 0.1) is 0 Å².